The first-order valence-electron chi connectivity index (χ1n) is 6.87. The Morgan fingerprint density at radius 1 is 1.41 bits per heavy atom. The minimum atomic E-state index is 0.224. The molecule has 0 N–H and O–H groups in total. The van der Waals surface area contributed by atoms with Crippen molar-refractivity contribution >= 4 is 0 Å². The summed E-state index contributed by atoms with van der Waals surface area (Å²) in [6.07, 6.45) is 4.80. The Kier molecular flexibility index (Phi) is 4.60. The van der Waals surface area contributed by atoms with Gasteiger partial charge in [0.1, 0.15) is 0 Å². The number of nitrogens with zero attached hydrogens (tertiary/aromatic N) is 1. The van der Waals surface area contributed by atoms with Gasteiger partial charge >= 0.3 is 0 Å². The zero-order valence-corrected chi connectivity index (χ0v) is 11.3. The second kappa shape index (κ2) is 5.98. The predicted octanol–water partition coefficient (Wildman–Crippen LogP) is 2.22. The molecule has 0 aromatic heterocycles. The van der Waals surface area contributed by atoms with E-state index in [1.807, 2.05) is 0 Å². The lowest BCUT2D eigenvalue weighted by Gasteiger charge is -2.42. The zero-order chi connectivity index (χ0) is 12.3. The molecule has 0 bridgehead atoms. The van der Waals surface area contributed by atoms with Gasteiger partial charge in [0.2, 0.25) is 0 Å². The van der Waals surface area contributed by atoms with E-state index < -0.39 is 0 Å². The molecule has 3 nitrogen and oxygen atoms in total. The minimum Gasteiger partial charge on any atom is -0.378 e. The summed E-state index contributed by atoms with van der Waals surface area (Å²) in [5.74, 6) is 0. The van der Waals surface area contributed by atoms with E-state index in [2.05, 4.69) is 31.7 Å². The Hall–Kier alpha value is -0.380. The van der Waals surface area contributed by atoms with Crippen molar-refractivity contribution in [1.29, 1.82) is 0 Å². The van der Waals surface area contributed by atoms with Crippen LogP contribution in [-0.2, 0) is 9.47 Å². The van der Waals surface area contributed by atoms with Gasteiger partial charge in [-0.3, -0.25) is 4.90 Å². The van der Waals surface area contributed by atoms with Crippen LogP contribution < -0.4 is 0 Å². The minimum absolute atomic E-state index is 0.224. The lowest BCUT2D eigenvalue weighted by atomic mass is 9.99. The molecule has 2 aliphatic heterocycles. The quantitative estimate of drug-likeness (QED) is 0.705. The fraction of sp³-hybridized carbons (Fsp3) is 0.857. The largest absolute Gasteiger partial charge is 0.378 e. The molecule has 0 spiro atoms. The van der Waals surface area contributed by atoms with Crippen LogP contribution in [0.3, 0.4) is 0 Å². The molecular formula is C14H25NO2. The van der Waals surface area contributed by atoms with Gasteiger partial charge in [-0.15, -0.1) is 0 Å². The standard InChI is InChI=1S/C14H25NO2/c1-4-12-5-7-17-14(9-12)13-10-16-8-6-15(13)11(2)3/h9,11,13-14H,4-8,10H2,1-3H3. The molecule has 2 atom stereocenters. The van der Waals surface area contributed by atoms with Gasteiger partial charge < -0.3 is 9.47 Å². The average Bonchev–Trinajstić information content (AvgIpc) is 2.39. The smallest absolute Gasteiger partial charge is 0.0936 e. The monoisotopic (exact) mass is 239 g/mol. The maximum absolute atomic E-state index is 5.93. The molecule has 98 valence electrons. The molecule has 0 saturated carbocycles. The number of rotatable bonds is 3. The number of hydrogen-bond donors (Lipinski definition) is 0. The molecule has 0 aromatic carbocycles. The maximum Gasteiger partial charge on any atom is 0.0936 e. The SMILES string of the molecule is CCC1=CC(C2COCCN2C(C)C)OCC1. The molecule has 2 unspecified atom stereocenters. The molecule has 3 heteroatoms. The van der Waals surface area contributed by atoms with E-state index in [4.69, 9.17) is 9.47 Å². The first-order valence-corrected chi connectivity index (χ1v) is 6.87. The molecule has 0 aromatic rings. The highest BCUT2D eigenvalue weighted by Gasteiger charge is 2.32. The van der Waals surface area contributed by atoms with Crippen LogP contribution in [0, 0.1) is 0 Å². The van der Waals surface area contributed by atoms with E-state index >= 15 is 0 Å². The highest BCUT2D eigenvalue weighted by Crippen LogP contribution is 2.23. The lowest BCUT2D eigenvalue weighted by molar-refractivity contribution is -0.0804. The van der Waals surface area contributed by atoms with Gasteiger partial charge in [0.25, 0.3) is 0 Å². The molecule has 17 heavy (non-hydrogen) atoms. The summed E-state index contributed by atoms with van der Waals surface area (Å²) >= 11 is 0. The van der Waals surface area contributed by atoms with Gasteiger partial charge in [-0.05, 0) is 26.7 Å². The average molecular weight is 239 g/mol. The topological polar surface area (TPSA) is 21.7 Å². The molecule has 1 saturated heterocycles. The van der Waals surface area contributed by atoms with Crippen LogP contribution in [0.5, 0.6) is 0 Å². The second-order valence-corrected chi connectivity index (χ2v) is 5.24. The first kappa shape index (κ1) is 13.1. The van der Waals surface area contributed by atoms with E-state index in [0.717, 1.165) is 39.2 Å². The van der Waals surface area contributed by atoms with Crippen LogP contribution in [0.2, 0.25) is 0 Å². The van der Waals surface area contributed by atoms with Gasteiger partial charge in [-0.2, -0.15) is 0 Å². The van der Waals surface area contributed by atoms with Crippen molar-refractivity contribution in [3.8, 4) is 0 Å². The van der Waals surface area contributed by atoms with Crippen LogP contribution in [-0.4, -0.2) is 49.5 Å². The summed E-state index contributed by atoms with van der Waals surface area (Å²) in [4.78, 5) is 2.52. The Balaban J connectivity index is 2.08. The summed E-state index contributed by atoms with van der Waals surface area (Å²) in [6, 6.07) is 0.957. The fourth-order valence-corrected chi connectivity index (χ4v) is 2.77. The number of morpholine rings is 1. The lowest BCUT2D eigenvalue weighted by Crippen LogP contribution is -2.55. The Morgan fingerprint density at radius 2 is 2.24 bits per heavy atom. The van der Waals surface area contributed by atoms with Crippen LogP contribution in [0.4, 0.5) is 0 Å². The third kappa shape index (κ3) is 3.09. The summed E-state index contributed by atoms with van der Waals surface area (Å²) in [5.41, 5.74) is 1.54. The fourth-order valence-electron chi connectivity index (χ4n) is 2.77. The third-order valence-electron chi connectivity index (χ3n) is 3.84. The molecule has 2 heterocycles. The Morgan fingerprint density at radius 3 is 2.94 bits per heavy atom. The van der Waals surface area contributed by atoms with E-state index in [9.17, 15) is 0 Å². The molecular weight excluding hydrogens is 214 g/mol. The van der Waals surface area contributed by atoms with Crippen molar-refractivity contribution in [3.63, 3.8) is 0 Å². The zero-order valence-electron chi connectivity index (χ0n) is 11.3. The summed E-state index contributed by atoms with van der Waals surface area (Å²) in [5, 5.41) is 0. The van der Waals surface area contributed by atoms with E-state index in [1.54, 1.807) is 0 Å². The van der Waals surface area contributed by atoms with Crippen molar-refractivity contribution in [2.45, 2.75) is 51.8 Å². The molecule has 0 radical (unpaired) electrons. The number of ether oxygens (including phenoxy) is 2. The van der Waals surface area contributed by atoms with Gasteiger partial charge in [0.05, 0.1) is 32.0 Å². The summed E-state index contributed by atoms with van der Waals surface area (Å²) < 4.78 is 11.6. The normalized spacial score (nSPS) is 31.6. The van der Waals surface area contributed by atoms with Gasteiger partial charge in [0, 0.05) is 12.6 Å². The van der Waals surface area contributed by atoms with E-state index in [0.29, 0.717) is 12.1 Å². The van der Waals surface area contributed by atoms with Crippen molar-refractivity contribution in [3.05, 3.63) is 11.6 Å². The van der Waals surface area contributed by atoms with Crippen LogP contribution in [0.15, 0.2) is 11.6 Å². The van der Waals surface area contributed by atoms with Crippen molar-refractivity contribution < 1.29 is 9.47 Å². The molecule has 2 rings (SSSR count). The molecule has 0 amide bonds. The summed E-state index contributed by atoms with van der Waals surface area (Å²) in [7, 11) is 0. The molecule has 0 aliphatic carbocycles. The van der Waals surface area contributed by atoms with Crippen molar-refractivity contribution in [1.82, 2.24) is 4.90 Å². The number of hydrogen-bond acceptors (Lipinski definition) is 3. The predicted molar refractivity (Wildman–Crippen MR) is 69.2 cm³/mol. The van der Waals surface area contributed by atoms with E-state index in [1.165, 1.54) is 5.57 Å². The molecule has 1 fully saturated rings. The van der Waals surface area contributed by atoms with Crippen LogP contribution >= 0.6 is 0 Å². The second-order valence-electron chi connectivity index (χ2n) is 5.24. The summed E-state index contributed by atoms with van der Waals surface area (Å²) in [6.45, 7) is 10.3. The van der Waals surface area contributed by atoms with Gasteiger partial charge in [-0.1, -0.05) is 18.6 Å². The highest BCUT2D eigenvalue weighted by molar-refractivity contribution is 5.11. The maximum atomic E-state index is 5.93. The third-order valence-corrected chi connectivity index (χ3v) is 3.84. The first-order chi connectivity index (χ1) is 8.22. The Labute approximate surface area is 105 Å². The van der Waals surface area contributed by atoms with Crippen molar-refractivity contribution in [2.75, 3.05) is 26.4 Å². The van der Waals surface area contributed by atoms with Crippen molar-refractivity contribution in [2.24, 2.45) is 0 Å². The van der Waals surface area contributed by atoms with Crippen LogP contribution in [0.1, 0.15) is 33.6 Å². The van der Waals surface area contributed by atoms with Gasteiger partial charge in [0.15, 0.2) is 0 Å². The Bertz CT molecular complexity index is 275. The molecule has 2 aliphatic rings. The van der Waals surface area contributed by atoms with Crippen LogP contribution in [0.25, 0.3) is 0 Å². The van der Waals surface area contributed by atoms with E-state index in [-0.39, 0.29) is 6.10 Å². The highest BCUT2D eigenvalue weighted by atomic mass is 16.5. The van der Waals surface area contributed by atoms with Gasteiger partial charge in [-0.25, -0.2) is 0 Å².